The van der Waals surface area contributed by atoms with Crippen LogP contribution in [-0.2, 0) is 0 Å². The summed E-state index contributed by atoms with van der Waals surface area (Å²) >= 11 is 22.6. The summed E-state index contributed by atoms with van der Waals surface area (Å²) in [5, 5.41) is 0. The Kier molecular flexibility index (Phi) is 3.22. The third-order valence-corrected chi connectivity index (χ3v) is 24.0. The standard InChI is InChI=1S/C2H6Cl4Si2/c1-7(2,3)8(4,5)6/h1-2H3. The summed E-state index contributed by atoms with van der Waals surface area (Å²) in [5.74, 6) is 0. The van der Waals surface area contributed by atoms with Crippen LogP contribution >= 0.6 is 44.3 Å². The van der Waals surface area contributed by atoms with Crippen LogP contribution in [0.4, 0.5) is 0 Å². The van der Waals surface area contributed by atoms with Crippen LogP contribution in [0.15, 0.2) is 0 Å². The van der Waals surface area contributed by atoms with E-state index in [1.165, 1.54) is 0 Å². The van der Waals surface area contributed by atoms with Gasteiger partial charge < -0.3 is 0 Å². The molecule has 50 valence electrons. The van der Waals surface area contributed by atoms with Gasteiger partial charge in [0.25, 0.3) is 0 Å². The van der Waals surface area contributed by atoms with E-state index in [0.717, 1.165) is 0 Å². The molecule has 0 heterocycles. The third-order valence-electron chi connectivity index (χ3n) is 0.674. The lowest BCUT2D eigenvalue weighted by molar-refractivity contribution is 2.05. The van der Waals surface area contributed by atoms with Gasteiger partial charge in [-0.05, 0) is 0 Å². The quantitative estimate of drug-likeness (QED) is 0.477. The summed E-state index contributed by atoms with van der Waals surface area (Å²) in [6.07, 6.45) is 0. The highest BCUT2D eigenvalue weighted by atomic mass is 35.9. The van der Waals surface area contributed by atoms with Gasteiger partial charge in [-0.2, -0.15) is 11.1 Å². The van der Waals surface area contributed by atoms with Crippen LogP contribution in [0, 0.1) is 0 Å². The smallest absolute Gasteiger partial charge is 0.166 e. The fraction of sp³-hybridized carbons (Fsp3) is 1.00. The highest BCUT2D eigenvalue weighted by molar-refractivity contribution is 7.95. The molecule has 0 amide bonds. The molecule has 0 aliphatic rings. The lowest BCUT2D eigenvalue weighted by atomic mass is 11.9. The monoisotopic (exact) mass is 226 g/mol. The van der Waals surface area contributed by atoms with Crippen molar-refractivity contribution in [2.75, 3.05) is 0 Å². The molecule has 0 spiro atoms. The molecule has 0 unspecified atom stereocenters. The van der Waals surface area contributed by atoms with E-state index in [0.29, 0.717) is 0 Å². The molecule has 0 aromatic rings. The predicted molar refractivity (Wildman–Crippen MR) is 46.6 cm³/mol. The molecule has 0 radical (unpaired) electrons. The lowest BCUT2D eigenvalue weighted by Crippen LogP contribution is -2.41. The fourth-order valence-electron chi connectivity index (χ4n) is 0. The first kappa shape index (κ1) is 9.59. The second-order valence-corrected chi connectivity index (χ2v) is 25.4. The van der Waals surface area contributed by atoms with E-state index in [2.05, 4.69) is 0 Å². The molecule has 0 aliphatic carbocycles. The van der Waals surface area contributed by atoms with Crippen molar-refractivity contribution in [1.29, 1.82) is 0 Å². The zero-order valence-corrected chi connectivity index (χ0v) is 9.54. The molecular formula is C2H6Cl4Si2. The van der Waals surface area contributed by atoms with Crippen molar-refractivity contribution in [1.82, 2.24) is 0 Å². The van der Waals surface area contributed by atoms with Crippen LogP contribution in [0.5, 0.6) is 0 Å². The Bertz CT molecular complexity index is 67.0. The predicted octanol–water partition coefficient (Wildman–Crippen LogP) is 3.16. The molecular weight excluding hydrogens is 222 g/mol. The molecule has 0 saturated heterocycles. The SMILES string of the molecule is C[Si](C)(Cl)[Si](Cl)(Cl)Cl. The van der Waals surface area contributed by atoms with E-state index in [-0.39, 0.29) is 0 Å². The number of hydrogen-bond acceptors (Lipinski definition) is 0. The van der Waals surface area contributed by atoms with Crippen molar-refractivity contribution in [2.24, 2.45) is 0 Å². The zero-order chi connectivity index (χ0) is 7.00. The normalized spacial score (nSPS) is 14.2. The molecule has 6 heteroatoms. The molecule has 0 aromatic heterocycles. The molecule has 0 N–H and O–H groups in total. The second-order valence-electron chi connectivity index (χ2n) is 1.97. The summed E-state index contributed by atoms with van der Waals surface area (Å²) < 4.78 is 0. The summed E-state index contributed by atoms with van der Waals surface area (Å²) in [5.41, 5.74) is -2.54. The van der Waals surface area contributed by atoms with Crippen LogP contribution < -0.4 is 0 Å². The molecule has 0 rings (SSSR count). The first-order chi connectivity index (χ1) is 3.25. The van der Waals surface area contributed by atoms with E-state index in [9.17, 15) is 0 Å². The van der Waals surface area contributed by atoms with E-state index in [1.807, 2.05) is 13.1 Å². The zero-order valence-electron chi connectivity index (χ0n) is 4.51. The van der Waals surface area contributed by atoms with E-state index in [4.69, 9.17) is 44.3 Å². The second kappa shape index (κ2) is 2.68. The van der Waals surface area contributed by atoms with Gasteiger partial charge in [0.1, 0.15) is 0 Å². The van der Waals surface area contributed by atoms with Gasteiger partial charge in [0.15, 0.2) is 6.90 Å². The van der Waals surface area contributed by atoms with Crippen molar-refractivity contribution in [3.63, 3.8) is 0 Å². The number of hydrogen-bond donors (Lipinski definition) is 0. The minimum absolute atomic E-state index is 1.84. The van der Waals surface area contributed by atoms with Gasteiger partial charge in [0, 0.05) is 0 Å². The molecule has 0 aliphatic heterocycles. The molecule has 0 atom stereocenters. The highest BCUT2D eigenvalue weighted by Crippen LogP contribution is 2.33. The maximum atomic E-state index is 5.81. The van der Waals surface area contributed by atoms with Crippen LogP contribution in [0.25, 0.3) is 0 Å². The highest BCUT2D eigenvalue weighted by Gasteiger charge is 2.45. The van der Waals surface area contributed by atoms with E-state index in [1.54, 1.807) is 0 Å². The number of halogens is 4. The average molecular weight is 228 g/mol. The first-order valence-corrected chi connectivity index (χ1v) is 12.1. The minimum atomic E-state index is -2.54. The topological polar surface area (TPSA) is 0 Å². The molecule has 0 aromatic carbocycles. The summed E-state index contributed by atoms with van der Waals surface area (Å²) in [6.45, 7) is 1.73. The van der Waals surface area contributed by atoms with Gasteiger partial charge in [0.05, 0.1) is 0 Å². The Morgan fingerprint density at radius 1 is 0.875 bits per heavy atom. The van der Waals surface area contributed by atoms with Gasteiger partial charge in [-0.15, -0.1) is 33.2 Å². The van der Waals surface area contributed by atoms with E-state index >= 15 is 0 Å². The third kappa shape index (κ3) is 2.94. The van der Waals surface area contributed by atoms with Crippen LogP contribution in [0.2, 0.25) is 13.1 Å². The largest absolute Gasteiger partial charge is 0.341 e. The van der Waals surface area contributed by atoms with Gasteiger partial charge in [-0.25, -0.2) is 0 Å². The summed E-state index contributed by atoms with van der Waals surface area (Å²) in [7, 11) is 0. The minimum Gasteiger partial charge on any atom is -0.166 e. The van der Waals surface area contributed by atoms with Gasteiger partial charge in [0.2, 0.25) is 0 Å². The van der Waals surface area contributed by atoms with Crippen LogP contribution in [-0.4, -0.2) is 12.4 Å². The Balaban J connectivity index is 4.02. The maximum Gasteiger partial charge on any atom is 0.341 e. The molecule has 0 bridgehead atoms. The summed E-state index contributed by atoms with van der Waals surface area (Å²) in [4.78, 5) is 0. The molecule has 0 fully saturated rings. The average Bonchev–Trinajstić information content (AvgIpc) is 1.25. The Hall–Kier alpha value is 1.59. The van der Waals surface area contributed by atoms with Crippen LogP contribution in [0.1, 0.15) is 0 Å². The lowest BCUT2D eigenvalue weighted by Gasteiger charge is -2.18. The molecule has 0 nitrogen and oxygen atoms in total. The van der Waals surface area contributed by atoms with Crippen molar-refractivity contribution in [3.05, 3.63) is 0 Å². The fourth-order valence-corrected chi connectivity index (χ4v) is 0. The Labute approximate surface area is 69.7 Å². The first-order valence-electron chi connectivity index (χ1n) is 2.01. The van der Waals surface area contributed by atoms with Crippen molar-refractivity contribution in [3.8, 4) is 0 Å². The summed E-state index contributed by atoms with van der Waals surface area (Å²) in [6, 6.07) is 0. The van der Waals surface area contributed by atoms with E-state index < -0.39 is 12.4 Å². The maximum absolute atomic E-state index is 5.81. The Morgan fingerprint density at radius 3 is 1.00 bits per heavy atom. The van der Waals surface area contributed by atoms with Crippen molar-refractivity contribution in [2.45, 2.75) is 13.1 Å². The number of rotatable bonds is 1. The van der Waals surface area contributed by atoms with Crippen LogP contribution in [0.3, 0.4) is 0 Å². The van der Waals surface area contributed by atoms with Crippen molar-refractivity contribution < 1.29 is 0 Å². The Morgan fingerprint density at radius 2 is 1.00 bits per heavy atom. The molecule has 0 saturated carbocycles. The van der Waals surface area contributed by atoms with Gasteiger partial charge in [-0.1, -0.05) is 13.1 Å². The van der Waals surface area contributed by atoms with Gasteiger partial charge in [-0.3, -0.25) is 0 Å². The van der Waals surface area contributed by atoms with Gasteiger partial charge >= 0.3 is 5.52 Å². The van der Waals surface area contributed by atoms with Crippen molar-refractivity contribution >= 4 is 56.7 Å². The molecule has 8 heavy (non-hydrogen) atoms.